The van der Waals surface area contributed by atoms with Gasteiger partial charge in [-0.2, -0.15) is 0 Å². The SMILES string of the molecule is COc1ccc2c(C)c(CC(=O)Nc3ccc(C(C)=O)cc3)c(=O)oc2c1C. The van der Waals surface area contributed by atoms with Gasteiger partial charge in [0.2, 0.25) is 5.91 Å². The number of aryl methyl sites for hydroxylation is 2. The molecule has 144 valence electrons. The van der Waals surface area contributed by atoms with Crippen molar-refractivity contribution in [2.45, 2.75) is 27.2 Å². The second kappa shape index (κ2) is 7.68. The number of rotatable bonds is 5. The van der Waals surface area contributed by atoms with E-state index in [0.717, 1.165) is 10.9 Å². The Bertz CT molecular complexity index is 1130. The third-order valence-corrected chi connectivity index (χ3v) is 4.79. The Morgan fingerprint density at radius 2 is 1.71 bits per heavy atom. The van der Waals surface area contributed by atoms with E-state index in [2.05, 4.69) is 5.32 Å². The molecule has 6 nitrogen and oxygen atoms in total. The fourth-order valence-corrected chi connectivity index (χ4v) is 3.15. The molecule has 3 aromatic rings. The molecule has 0 saturated heterocycles. The molecular formula is C22H21NO5. The van der Waals surface area contributed by atoms with Crippen LogP contribution in [-0.2, 0) is 11.2 Å². The zero-order valence-corrected chi connectivity index (χ0v) is 16.2. The molecule has 0 fully saturated rings. The summed E-state index contributed by atoms with van der Waals surface area (Å²) >= 11 is 0. The lowest BCUT2D eigenvalue weighted by molar-refractivity contribution is -0.115. The van der Waals surface area contributed by atoms with Crippen LogP contribution in [0, 0.1) is 13.8 Å². The van der Waals surface area contributed by atoms with E-state index in [1.165, 1.54) is 6.92 Å². The summed E-state index contributed by atoms with van der Waals surface area (Å²) in [6, 6.07) is 10.2. The van der Waals surface area contributed by atoms with Crippen LogP contribution in [0.5, 0.6) is 5.75 Å². The maximum atomic E-state index is 12.5. The molecule has 1 heterocycles. The summed E-state index contributed by atoms with van der Waals surface area (Å²) in [7, 11) is 1.56. The van der Waals surface area contributed by atoms with Crippen molar-refractivity contribution < 1.29 is 18.7 Å². The smallest absolute Gasteiger partial charge is 0.340 e. The highest BCUT2D eigenvalue weighted by atomic mass is 16.5. The fourth-order valence-electron chi connectivity index (χ4n) is 3.15. The van der Waals surface area contributed by atoms with Gasteiger partial charge in [0.1, 0.15) is 11.3 Å². The monoisotopic (exact) mass is 379 g/mol. The van der Waals surface area contributed by atoms with Crippen LogP contribution >= 0.6 is 0 Å². The molecule has 6 heteroatoms. The Balaban J connectivity index is 1.88. The Morgan fingerprint density at radius 1 is 1.04 bits per heavy atom. The number of hydrogen-bond donors (Lipinski definition) is 1. The van der Waals surface area contributed by atoms with Gasteiger partial charge in [-0.25, -0.2) is 4.79 Å². The van der Waals surface area contributed by atoms with Crippen molar-refractivity contribution >= 4 is 28.3 Å². The number of hydrogen-bond acceptors (Lipinski definition) is 5. The first kappa shape index (κ1) is 19.4. The maximum Gasteiger partial charge on any atom is 0.340 e. The van der Waals surface area contributed by atoms with Gasteiger partial charge >= 0.3 is 5.63 Å². The van der Waals surface area contributed by atoms with Gasteiger partial charge in [-0.1, -0.05) is 0 Å². The molecule has 1 N–H and O–H groups in total. The number of amides is 1. The standard InChI is InChI=1S/C22H21NO5/c1-12-17-9-10-19(27-4)13(2)21(17)28-22(26)18(12)11-20(25)23-16-7-5-15(6-8-16)14(3)24/h5-10H,11H2,1-4H3,(H,23,25). The van der Waals surface area contributed by atoms with E-state index in [-0.39, 0.29) is 18.1 Å². The lowest BCUT2D eigenvalue weighted by Crippen LogP contribution is -2.20. The number of Topliss-reactive ketones (excluding diaryl/α,β-unsaturated/α-hetero) is 1. The van der Waals surface area contributed by atoms with Gasteiger partial charge in [0.25, 0.3) is 0 Å². The van der Waals surface area contributed by atoms with E-state index in [9.17, 15) is 14.4 Å². The van der Waals surface area contributed by atoms with Crippen LogP contribution < -0.4 is 15.7 Å². The van der Waals surface area contributed by atoms with Gasteiger partial charge in [-0.15, -0.1) is 0 Å². The second-order valence-electron chi connectivity index (χ2n) is 6.62. The normalized spacial score (nSPS) is 10.7. The first-order valence-electron chi connectivity index (χ1n) is 8.82. The average Bonchev–Trinajstić information content (AvgIpc) is 2.66. The predicted octanol–water partition coefficient (Wildman–Crippen LogP) is 3.80. The van der Waals surface area contributed by atoms with Crippen molar-refractivity contribution in [2.75, 3.05) is 12.4 Å². The second-order valence-corrected chi connectivity index (χ2v) is 6.62. The van der Waals surface area contributed by atoms with E-state index in [4.69, 9.17) is 9.15 Å². The van der Waals surface area contributed by atoms with Crippen LogP contribution in [-0.4, -0.2) is 18.8 Å². The van der Waals surface area contributed by atoms with Crippen LogP contribution in [0.15, 0.2) is 45.6 Å². The van der Waals surface area contributed by atoms with E-state index in [0.29, 0.717) is 33.7 Å². The molecule has 2 aromatic carbocycles. The van der Waals surface area contributed by atoms with Crippen molar-refractivity contribution in [1.29, 1.82) is 0 Å². The average molecular weight is 379 g/mol. The molecule has 0 saturated carbocycles. The lowest BCUT2D eigenvalue weighted by Gasteiger charge is -2.12. The number of methoxy groups -OCH3 is 1. The number of ether oxygens (including phenoxy) is 1. The van der Waals surface area contributed by atoms with E-state index in [1.807, 2.05) is 19.1 Å². The lowest BCUT2D eigenvalue weighted by atomic mass is 10.0. The zero-order valence-electron chi connectivity index (χ0n) is 16.2. The number of nitrogens with one attached hydrogen (secondary N) is 1. The predicted molar refractivity (Wildman–Crippen MR) is 107 cm³/mol. The Labute approximate surface area is 162 Å². The van der Waals surface area contributed by atoms with Crippen LogP contribution in [0.1, 0.15) is 34.0 Å². The molecule has 0 atom stereocenters. The molecular weight excluding hydrogens is 358 g/mol. The largest absolute Gasteiger partial charge is 0.496 e. The number of anilines is 1. The molecule has 0 bridgehead atoms. The molecule has 0 spiro atoms. The molecule has 1 aromatic heterocycles. The van der Waals surface area contributed by atoms with Crippen LogP contribution in [0.4, 0.5) is 5.69 Å². The van der Waals surface area contributed by atoms with E-state index < -0.39 is 5.63 Å². The van der Waals surface area contributed by atoms with Gasteiger partial charge in [0.05, 0.1) is 19.1 Å². The third-order valence-electron chi connectivity index (χ3n) is 4.79. The Kier molecular flexibility index (Phi) is 5.31. The van der Waals surface area contributed by atoms with Crippen molar-refractivity contribution in [1.82, 2.24) is 0 Å². The number of ketones is 1. The number of fused-ring (bicyclic) bond motifs is 1. The highest BCUT2D eigenvalue weighted by Crippen LogP contribution is 2.29. The number of carbonyl (C=O) groups is 2. The molecule has 0 unspecified atom stereocenters. The van der Waals surface area contributed by atoms with E-state index >= 15 is 0 Å². The van der Waals surface area contributed by atoms with Crippen LogP contribution in [0.25, 0.3) is 11.0 Å². The topological polar surface area (TPSA) is 85.6 Å². The van der Waals surface area contributed by atoms with Crippen LogP contribution in [0.2, 0.25) is 0 Å². The van der Waals surface area contributed by atoms with Crippen LogP contribution in [0.3, 0.4) is 0 Å². The van der Waals surface area contributed by atoms with Gasteiger partial charge in [-0.05, 0) is 62.7 Å². The molecule has 1 amide bonds. The first-order valence-corrected chi connectivity index (χ1v) is 8.82. The van der Waals surface area contributed by atoms with Gasteiger partial charge in [0.15, 0.2) is 5.78 Å². The minimum absolute atomic E-state index is 0.0470. The summed E-state index contributed by atoms with van der Waals surface area (Å²) < 4.78 is 10.8. The summed E-state index contributed by atoms with van der Waals surface area (Å²) in [5.74, 6) is 0.249. The number of carbonyl (C=O) groups excluding carboxylic acids is 2. The van der Waals surface area contributed by atoms with E-state index in [1.54, 1.807) is 38.3 Å². The summed E-state index contributed by atoms with van der Waals surface area (Å²) in [5, 5.41) is 3.51. The van der Waals surface area contributed by atoms with Crippen molar-refractivity contribution in [3.8, 4) is 5.75 Å². The van der Waals surface area contributed by atoms with Gasteiger partial charge in [-0.3, -0.25) is 9.59 Å². The summed E-state index contributed by atoms with van der Waals surface area (Å²) in [4.78, 5) is 36.2. The maximum absolute atomic E-state index is 12.5. The Morgan fingerprint density at radius 3 is 2.32 bits per heavy atom. The molecule has 0 aliphatic carbocycles. The van der Waals surface area contributed by atoms with Crippen molar-refractivity contribution in [2.24, 2.45) is 0 Å². The molecule has 0 aliphatic heterocycles. The highest BCUT2D eigenvalue weighted by molar-refractivity contribution is 5.96. The molecule has 0 aliphatic rings. The Hall–Kier alpha value is -3.41. The van der Waals surface area contributed by atoms with Gasteiger partial charge in [0, 0.05) is 22.2 Å². The van der Waals surface area contributed by atoms with Gasteiger partial charge < -0.3 is 14.5 Å². The number of benzene rings is 2. The summed E-state index contributed by atoms with van der Waals surface area (Å²) in [6.07, 6.45) is -0.107. The molecule has 3 rings (SSSR count). The minimum atomic E-state index is -0.538. The molecule has 28 heavy (non-hydrogen) atoms. The zero-order chi connectivity index (χ0) is 20.4. The molecule has 0 radical (unpaired) electrons. The fraction of sp³-hybridized carbons (Fsp3) is 0.227. The third kappa shape index (κ3) is 3.67. The highest BCUT2D eigenvalue weighted by Gasteiger charge is 2.17. The quantitative estimate of drug-likeness (QED) is 0.538. The van der Waals surface area contributed by atoms with Crippen molar-refractivity contribution in [3.05, 3.63) is 69.1 Å². The summed E-state index contributed by atoms with van der Waals surface area (Å²) in [5.41, 5.74) is 2.80. The summed E-state index contributed by atoms with van der Waals surface area (Å²) in [6.45, 7) is 5.10. The minimum Gasteiger partial charge on any atom is -0.496 e. The van der Waals surface area contributed by atoms with Crippen molar-refractivity contribution in [3.63, 3.8) is 0 Å². The first-order chi connectivity index (χ1) is 13.3.